The van der Waals surface area contributed by atoms with Gasteiger partial charge in [-0.15, -0.1) is 0 Å². The predicted molar refractivity (Wildman–Crippen MR) is 68.2 cm³/mol. The van der Waals surface area contributed by atoms with Crippen molar-refractivity contribution in [2.24, 2.45) is 0 Å². The van der Waals surface area contributed by atoms with Crippen LogP contribution < -0.4 is 9.47 Å². The fourth-order valence-corrected chi connectivity index (χ4v) is 1.66. The molecule has 0 aliphatic rings. The monoisotopic (exact) mass is 246 g/mol. The zero-order chi connectivity index (χ0) is 13.1. The number of aliphatic carboxylic acids is 1. The quantitative estimate of drug-likeness (QED) is 0.901. The number of benzene rings is 2. The summed E-state index contributed by atoms with van der Waals surface area (Å²) in [6.07, 6.45) is -0.860. The van der Waals surface area contributed by atoms with Crippen LogP contribution in [-0.4, -0.2) is 24.3 Å². The van der Waals surface area contributed by atoms with Gasteiger partial charge in [-0.1, -0.05) is 12.1 Å². The maximum atomic E-state index is 10.7. The molecule has 0 aliphatic carbocycles. The van der Waals surface area contributed by atoms with Crippen molar-refractivity contribution < 1.29 is 19.4 Å². The highest BCUT2D eigenvalue weighted by atomic mass is 16.5. The molecule has 0 aliphatic heterocycles. The molecule has 0 spiro atoms. The molecule has 0 saturated carbocycles. The van der Waals surface area contributed by atoms with E-state index in [4.69, 9.17) is 14.6 Å². The van der Waals surface area contributed by atoms with E-state index in [9.17, 15) is 4.79 Å². The Hall–Kier alpha value is -2.23. The molecule has 0 radical (unpaired) electrons. The average molecular weight is 246 g/mol. The molecular formula is C14H14O4. The molecule has 1 unspecified atom stereocenters. The average Bonchev–Trinajstić information content (AvgIpc) is 2.37. The molecule has 4 nitrogen and oxygen atoms in total. The van der Waals surface area contributed by atoms with E-state index in [1.165, 1.54) is 6.92 Å². The first-order chi connectivity index (χ1) is 8.60. The Labute approximate surface area is 105 Å². The Morgan fingerprint density at radius 2 is 1.67 bits per heavy atom. The topological polar surface area (TPSA) is 55.8 Å². The third-order valence-corrected chi connectivity index (χ3v) is 2.68. The molecule has 94 valence electrons. The van der Waals surface area contributed by atoms with E-state index >= 15 is 0 Å². The second-order valence-electron chi connectivity index (χ2n) is 3.97. The minimum absolute atomic E-state index is 0.544. The third kappa shape index (κ3) is 2.53. The van der Waals surface area contributed by atoms with E-state index in [0.717, 1.165) is 16.5 Å². The lowest BCUT2D eigenvalue weighted by atomic mass is 10.1. The van der Waals surface area contributed by atoms with Crippen molar-refractivity contribution in [3.63, 3.8) is 0 Å². The van der Waals surface area contributed by atoms with Crippen LogP contribution in [0.15, 0.2) is 36.4 Å². The molecule has 0 bridgehead atoms. The summed E-state index contributed by atoms with van der Waals surface area (Å²) < 4.78 is 10.4. The number of rotatable bonds is 4. The van der Waals surface area contributed by atoms with Crippen molar-refractivity contribution >= 4 is 16.7 Å². The van der Waals surface area contributed by atoms with Crippen LogP contribution >= 0.6 is 0 Å². The van der Waals surface area contributed by atoms with E-state index in [1.54, 1.807) is 13.2 Å². The fraction of sp³-hybridized carbons (Fsp3) is 0.214. The maximum absolute atomic E-state index is 10.7. The molecule has 0 aromatic heterocycles. The Morgan fingerprint density at radius 3 is 2.22 bits per heavy atom. The van der Waals surface area contributed by atoms with Gasteiger partial charge >= 0.3 is 5.97 Å². The second-order valence-corrected chi connectivity index (χ2v) is 3.97. The first-order valence-corrected chi connectivity index (χ1v) is 5.57. The number of carbonyl (C=O) groups is 1. The van der Waals surface area contributed by atoms with Crippen molar-refractivity contribution in [1.82, 2.24) is 0 Å². The lowest BCUT2D eigenvalue weighted by Crippen LogP contribution is -2.22. The van der Waals surface area contributed by atoms with Crippen molar-refractivity contribution in [1.29, 1.82) is 0 Å². The summed E-state index contributed by atoms with van der Waals surface area (Å²) in [7, 11) is 1.62. The van der Waals surface area contributed by atoms with Crippen LogP contribution in [0.1, 0.15) is 6.92 Å². The highest BCUT2D eigenvalue weighted by molar-refractivity contribution is 5.85. The maximum Gasteiger partial charge on any atom is 0.344 e. The van der Waals surface area contributed by atoms with E-state index < -0.39 is 12.1 Å². The Bertz CT molecular complexity index is 577. The summed E-state index contributed by atoms with van der Waals surface area (Å²) in [6.45, 7) is 1.50. The molecule has 1 atom stereocenters. The highest BCUT2D eigenvalue weighted by Crippen LogP contribution is 2.25. The van der Waals surface area contributed by atoms with Crippen molar-refractivity contribution in [2.75, 3.05) is 7.11 Å². The van der Waals surface area contributed by atoms with Crippen LogP contribution in [0.25, 0.3) is 10.8 Å². The number of carboxylic acid groups (broad SMARTS) is 1. The molecule has 18 heavy (non-hydrogen) atoms. The van der Waals surface area contributed by atoms with Crippen molar-refractivity contribution in [3.05, 3.63) is 36.4 Å². The van der Waals surface area contributed by atoms with Crippen LogP contribution in [0, 0.1) is 0 Å². The van der Waals surface area contributed by atoms with Crippen LogP contribution in [0.4, 0.5) is 0 Å². The van der Waals surface area contributed by atoms with Gasteiger partial charge in [-0.25, -0.2) is 4.79 Å². The van der Waals surface area contributed by atoms with Gasteiger partial charge in [-0.2, -0.15) is 0 Å². The van der Waals surface area contributed by atoms with E-state index in [2.05, 4.69) is 0 Å². The Kier molecular flexibility index (Phi) is 3.37. The second kappa shape index (κ2) is 4.96. The first-order valence-electron chi connectivity index (χ1n) is 5.57. The molecule has 2 rings (SSSR count). The summed E-state index contributed by atoms with van der Waals surface area (Å²) in [6, 6.07) is 11.1. The number of hydrogen-bond donors (Lipinski definition) is 1. The fourth-order valence-electron chi connectivity index (χ4n) is 1.66. The number of fused-ring (bicyclic) bond motifs is 1. The zero-order valence-corrected chi connectivity index (χ0v) is 10.2. The molecule has 0 fully saturated rings. The summed E-state index contributed by atoms with van der Waals surface area (Å²) in [5.74, 6) is 0.350. The van der Waals surface area contributed by atoms with E-state index in [-0.39, 0.29) is 0 Å². The molecule has 1 N–H and O–H groups in total. The minimum Gasteiger partial charge on any atom is -0.497 e. The van der Waals surface area contributed by atoms with Gasteiger partial charge in [0.2, 0.25) is 0 Å². The SMILES string of the molecule is COc1ccc2cc(OC(C)C(=O)O)ccc2c1. The summed E-state index contributed by atoms with van der Waals surface area (Å²) in [5, 5.41) is 10.8. The molecular weight excluding hydrogens is 232 g/mol. The summed E-state index contributed by atoms with van der Waals surface area (Å²) >= 11 is 0. The normalized spacial score (nSPS) is 12.1. The van der Waals surface area contributed by atoms with Gasteiger partial charge in [0, 0.05) is 0 Å². The number of carboxylic acids is 1. The van der Waals surface area contributed by atoms with Crippen LogP contribution in [-0.2, 0) is 4.79 Å². The van der Waals surface area contributed by atoms with Gasteiger partial charge in [0.05, 0.1) is 7.11 Å². The molecule has 2 aromatic carbocycles. The van der Waals surface area contributed by atoms with Gasteiger partial charge in [0.25, 0.3) is 0 Å². The van der Waals surface area contributed by atoms with Crippen LogP contribution in [0.5, 0.6) is 11.5 Å². The third-order valence-electron chi connectivity index (χ3n) is 2.68. The Morgan fingerprint density at radius 1 is 1.11 bits per heavy atom. The first kappa shape index (κ1) is 12.2. The van der Waals surface area contributed by atoms with Crippen molar-refractivity contribution in [3.8, 4) is 11.5 Å². The van der Waals surface area contributed by atoms with Gasteiger partial charge < -0.3 is 14.6 Å². The number of ether oxygens (including phenoxy) is 2. The minimum atomic E-state index is -0.982. The summed E-state index contributed by atoms with van der Waals surface area (Å²) in [5.41, 5.74) is 0. The van der Waals surface area contributed by atoms with Gasteiger partial charge in [0.1, 0.15) is 11.5 Å². The van der Waals surface area contributed by atoms with Gasteiger partial charge in [0.15, 0.2) is 6.10 Å². The molecule has 0 saturated heterocycles. The molecule has 0 heterocycles. The number of hydrogen-bond acceptors (Lipinski definition) is 3. The lowest BCUT2D eigenvalue weighted by Gasteiger charge is -2.11. The standard InChI is InChI=1S/C14H14O4/c1-9(14(15)16)18-13-6-4-10-7-12(17-2)5-3-11(10)8-13/h3-9H,1-2H3,(H,15,16). The predicted octanol–water partition coefficient (Wildman–Crippen LogP) is 2.70. The Balaban J connectivity index is 2.30. The highest BCUT2D eigenvalue weighted by Gasteiger charge is 2.12. The number of methoxy groups -OCH3 is 1. The van der Waals surface area contributed by atoms with E-state index in [1.807, 2.05) is 30.3 Å². The van der Waals surface area contributed by atoms with E-state index in [0.29, 0.717) is 5.75 Å². The smallest absolute Gasteiger partial charge is 0.344 e. The lowest BCUT2D eigenvalue weighted by molar-refractivity contribution is -0.144. The van der Waals surface area contributed by atoms with Gasteiger partial charge in [-0.3, -0.25) is 0 Å². The molecule has 2 aromatic rings. The summed E-state index contributed by atoms with van der Waals surface area (Å²) in [4.78, 5) is 10.7. The molecule has 4 heteroatoms. The van der Waals surface area contributed by atoms with Crippen molar-refractivity contribution in [2.45, 2.75) is 13.0 Å². The van der Waals surface area contributed by atoms with Crippen LogP contribution in [0.2, 0.25) is 0 Å². The van der Waals surface area contributed by atoms with Crippen LogP contribution in [0.3, 0.4) is 0 Å². The molecule has 0 amide bonds. The zero-order valence-electron chi connectivity index (χ0n) is 10.2. The largest absolute Gasteiger partial charge is 0.497 e. The van der Waals surface area contributed by atoms with Gasteiger partial charge in [-0.05, 0) is 42.0 Å².